The van der Waals surface area contributed by atoms with Gasteiger partial charge in [-0.05, 0) is 25.1 Å². The predicted octanol–water partition coefficient (Wildman–Crippen LogP) is 2.21. The minimum absolute atomic E-state index is 0.0813. The van der Waals surface area contributed by atoms with Gasteiger partial charge in [0.25, 0.3) is 0 Å². The van der Waals surface area contributed by atoms with Gasteiger partial charge in [-0.25, -0.2) is 8.42 Å². The molecule has 4 aromatic heterocycles. The lowest BCUT2D eigenvalue weighted by molar-refractivity contribution is 0.0987. The SMILES string of the molecule is COc1ncnc(OC)c1-n1c(CS(=O)(=O)[C@@H](C)[C@H](OC)c2ccc(Cl)cn2)nnc1-c1ccn(C)n1. The molecule has 0 spiro atoms. The summed E-state index contributed by atoms with van der Waals surface area (Å²) in [6.07, 6.45) is 3.59. The number of methoxy groups -OCH3 is 3. The maximum atomic E-state index is 13.7. The zero-order valence-corrected chi connectivity index (χ0v) is 22.3. The number of hydrogen-bond donors (Lipinski definition) is 0. The molecule has 0 unspecified atom stereocenters. The third kappa shape index (κ3) is 5.26. The number of rotatable bonds is 10. The molecule has 15 heteroatoms. The second-order valence-corrected chi connectivity index (χ2v) is 10.8. The van der Waals surface area contributed by atoms with Crippen molar-refractivity contribution >= 4 is 21.4 Å². The van der Waals surface area contributed by atoms with Gasteiger partial charge in [0, 0.05) is 26.6 Å². The van der Waals surface area contributed by atoms with Crippen molar-refractivity contribution in [3.8, 4) is 29.0 Å². The summed E-state index contributed by atoms with van der Waals surface area (Å²) in [7, 11) is 2.14. The molecule has 4 heterocycles. The molecule has 0 aliphatic carbocycles. The second-order valence-electron chi connectivity index (χ2n) is 7.96. The second kappa shape index (κ2) is 10.8. The van der Waals surface area contributed by atoms with E-state index in [4.69, 9.17) is 25.8 Å². The molecular weight excluding hydrogens is 524 g/mol. The van der Waals surface area contributed by atoms with E-state index in [2.05, 4.69) is 30.2 Å². The average molecular weight is 549 g/mol. The van der Waals surface area contributed by atoms with Crippen molar-refractivity contribution in [3.05, 3.63) is 53.5 Å². The summed E-state index contributed by atoms with van der Waals surface area (Å²) >= 11 is 5.94. The Bertz CT molecular complexity index is 1470. The van der Waals surface area contributed by atoms with E-state index in [9.17, 15) is 8.42 Å². The highest BCUT2D eigenvalue weighted by Crippen LogP contribution is 2.34. The van der Waals surface area contributed by atoms with E-state index in [1.807, 2.05) is 0 Å². The van der Waals surface area contributed by atoms with Crippen molar-refractivity contribution in [2.24, 2.45) is 7.05 Å². The molecular formula is C22H25ClN8O5S. The lowest BCUT2D eigenvalue weighted by Gasteiger charge is -2.22. The molecule has 0 amide bonds. The van der Waals surface area contributed by atoms with Gasteiger partial charge in [0.15, 0.2) is 27.2 Å². The lowest BCUT2D eigenvalue weighted by atomic mass is 10.2. The topological polar surface area (TPSA) is 149 Å². The number of ether oxygens (including phenoxy) is 3. The molecule has 13 nitrogen and oxygen atoms in total. The Labute approximate surface area is 218 Å². The van der Waals surface area contributed by atoms with E-state index < -0.39 is 26.9 Å². The first-order chi connectivity index (χ1) is 17.7. The normalized spacial score (nSPS) is 13.4. The zero-order chi connectivity index (χ0) is 26.7. The molecule has 0 N–H and O–H groups in total. The Kier molecular flexibility index (Phi) is 7.71. The molecule has 0 aliphatic rings. The van der Waals surface area contributed by atoms with Crippen molar-refractivity contribution in [2.75, 3.05) is 21.3 Å². The zero-order valence-electron chi connectivity index (χ0n) is 20.7. The highest BCUT2D eigenvalue weighted by atomic mass is 35.5. The van der Waals surface area contributed by atoms with Crippen molar-refractivity contribution in [1.29, 1.82) is 0 Å². The monoisotopic (exact) mass is 548 g/mol. The maximum Gasteiger partial charge on any atom is 0.245 e. The summed E-state index contributed by atoms with van der Waals surface area (Å²) in [6.45, 7) is 1.55. The highest BCUT2D eigenvalue weighted by molar-refractivity contribution is 7.91. The van der Waals surface area contributed by atoms with E-state index in [-0.39, 0.29) is 29.1 Å². The van der Waals surface area contributed by atoms with Gasteiger partial charge in [0.05, 0.1) is 30.2 Å². The Hall–Kier alpha value is -3.62. The van der Waals surface area contributed by atoms with Crippen molar-refractivity contribution < 1.29 is 22.6 Å². The van der Waals surface area contributed by atoms with Crippen molar-refractivity contribution in [2.45, 2.75) is 24.0 Å². The first kappa shape index (κ1) is 26.4. The van der Waals surface area contributed by atoms with E-state index in [1.165, 1.54) is 38.4 Å². The predicted molar refractivity (Wildman–Crippen MR) is 133 cm³/mol. The third-order valence-electron chi connectivity index (χ3n) is 5.66. The van der Waals surface area contributed by atoms with Crippen LogP contribution in [0, 0.1) is 0 Å². The van der Waals surface area contributed by atoms with Gasteiger partial charge in [-0.15, -0.1) is 10.2 Å². The number of sulfone groups is 1. The minimum Gasteiger partial charge on any atom is -0.479 e. The first-order valence-electron chi connectivity index (χ1n) is 10.9. The molecule has 0 bridgehead atoms. The van der Waals surface area contributed by atoms with Gasteiger partial charge in [-0.3, -0.25) is 14.2 Å². The summed E-state index contributed by atoms with van der Waals surface area (Å²) in [5.41, 5.74) is 1.11. The summed E-state index contributed by atoms with van der Waals surface area (Å²) in [5, 5.41) is 12.3. The van der Waals surface area contributed by atoms with Gasteiger partial charge in [0.2, 0.25) is 11.8 Å². The fourth-order valence-corrected chi connectivity index (χ4v) is 5.34. The number of aromatic nitrogens is 8. The molecule has 0 saturated heterocycles. The van der Waals surface area contributed by atoms with Crippen LogP contribution in [0.1, 0.15) is 24.5 Å². The molecule has 0 aromatic carbocycles. The molecule has 0 aliphatic heterocycles. The molecule has 0 saturated carbocycles. The van der Waals surface area contributed by atoms with Crippen LogP contribution in [-0.2, 0) is 27.4 Å². The van der Waals surface area contributed by atoms with Crippen LogP contribution >= 0.6 is 11.6 Å². The first-order valence-corrected chi connectivity index (χ1v) is 13.0. The van der Waals surface area contributed by atoms with Gasteiger partial charge in [0.1, 0.15) is 23.9 Å². The summed E-state index contributed by atoms with van der Waals surface area (Å²) in [4.78, 5) is 12.6. The fraction of sp³-hybridized carbons (Fsp3) is 0.364. The summed E-state index contributed by atoms with van der Waals surface area (Å²) in [6, 6.07) is 4.97. The molecule has 2 atom stereocenters. The minimum atomic E-state index is -3.89. The smallest absolute Gasteiger partial charge is 0.245 e. The van der Waals surface area contributed by atoms with Crippen LogP contribution in [0.3, 0.4) is 0 Å². The van der Waals surface area contributed by atoms with Crippen LogP contribution < -0.4 is 9.47 Å². The molecule has 0 radical (unpaired) electrons. The van der Waals surface area contributed by atoms with Crippen LogP contribution in [0.15, 0.2) is 36.9 Å². The number of pyridine rings is 1. The summed E-state index contributed by atoms with van der Waals surface area (Å²) in [5.74, 6) is 0.111. The molecule has 196 valence electrons. The van der Waals surface area contributed by atoms with E-state index in [0.717, 1.165) is 0 Å². The fourth-order valence-electron chi connectivity index (χ4n) is 3.79. The van der Waals surface area contributed by atoms with Gasteiger partial charge in [-0.1, -0.05) is 11.6 Å². The van der Waals surface area contributed by atoms with E-state index in [1.54, 1.807) is 43.0 Å². The highest BCUT2D eigenvalue weighted by Gasteiger charge is 2.35. The largest absolute Gasteiger partial charge is 0.479 e. The number of halogens is 1. The van der Waals surface area contributed by atoms with Gasteiger partial charge >= 0.3 is 0 Å². The van der Waals surface area contributed by atoms with Gasteiger partial charge in [-0.2, -0.15) is 15.1 Å². The van der Waals surface area contributed by atoms with Crippen LogP contribution in [0.25, 0.3) is 17.2 Å². The molecule has 0 fully saturated rings. The van der Waals surface area contributed by atoms with Crippen LogP contribution in [0.2, 0.25) is 5.02 Å². The number of aryl methyl sites for hydroxylation is 1. The van der Waals surface area contributed by atoms with Crippen LogP contribution in [-0.4, -0.2) is 74.5 Å². The van der Waals surface area contributed by atoms with Crippen molar-refractivity contribution in [1.82, 2.24) is 39.5 Å². The lowest BCUT2D eigenvalue weighted by Crippen LogP contribution is -2.29. The van der Waals surface area contributed by atoms with Crippen LogP contribution in [0.5, 0.6) is 11.8 Å². The number of hydrogen-bond acceptors (Lipinski definition) is 11. The molecule has 4 aromatic rings. The van der Waals surface area contributed by atoms with E-state index >= 15 is 0 Å². The van der Waals surface area contributed by atoms with Gasteiger partial charge < -0.3 is 14.2 Å². The Balaban J connectivity index is 1.82. The maximum absolute atomic E-state index is 13.7. The summed E-state index contributed by atoms with van der Waals surface area (Å²) < 4.78 is 46.8. The standard InChI is InChI=1S/C22H25ClN8O5S/c1-13(19(34-3)15-7-6-14(23)10-24-15)37(32,33)11-17-27-28-20(16-8-9-30(2)29-16)31(17)18-21(35-4)25-12-26-22(18)36-5/h6-10,12-13,19H,11H2,1-5H3/t13-,19-/m0/s1. The van der Waals surface area contributed by atoms with Crippen molar-refractivity contribution in [3.63, 3.8) is 0 Å². The Morgan fingerprint density at radius 3 is 2.27 bits per heavy atom. The third-order valence-corrected chi connectivity index (χ3v) is 7.92. The molecule has 4 rings (SSSR count). The van der Waals surface area contributed by atoms with E-state index in [0.29, 0.717) is 16.4 Å². The van der Waals surface area contributed by atoms with Crippen LogP contribution in [0.4, 0.5) is 0 Å². The molecule has 37 heavy (non-hydrogen) atoms. The Morgan fingerprint density at radius 1 is 1.03 bits per heavy atom. The number of nitrogens with zero attached hydrogens (tertiary/aromatic N) is 8. The average Bonchev–Trinajstić information content (AvgIpc) is 3.50. The quantitative estimate of drug-likeness (QED) is 0.287. The Morgan fingerprint density at radius 2 is 1.73 bits per heavy atom.